The molecule has 2 N–H and O–H groups in total. The summed E-state index contributed by atoms with van der Waals surface area (Å²) >= 11 is 0. The maximum atomic E-state index is 11.5. The summed E-state index contributed by atoms with van der Waals surface area (Å²) in [5.41, 5.74) is 1.15. The molecule has 0 aliphatic carbocycles. The van der Waals surface area contributed by atoms with Gasteiger partial charge in [0, 0.05) is 38.8 Å². The highest BCUT2D eigenvalue weighted by Gasteiger charge is 2.13. The highest BCUT2D eigenvalue weighted by Crippen LogP contribution is 2.08. The average Bonchev–Trinajstić information content (AvgIpc) is 2.45. The molecule has 1 rings (SSSR count). The average molecular weight is 278 g/mol. The van der Waals surface area contributed by atoms with Gasteiger partial charge in [0.25, 0.3) is 0 Å². The number of hydrogen-bond donors (Lipinski definition) is 2. The number of amides is 1. The highest BCUT2D eigenvalue weighted by molar-refractivity contribution is 5.78. The Morgan fingerprint density at radius 1 is 1.45 bits per heavy atom. The van der Waals surface area contributed by atoms with Gasteiger partial charge < -0.3 is 15.5 Å². The fraction of sp³-hybridized carbons (Fsp3) is 0.600. The molecule has 0 aliphatic rings. The fourth-order valence-corrected chi connectivity index (χ4v) is 2.05. The van der Waals surface area contributed by atoms with Crippen LogP contribution < -0.4 is 10.6 Å². The molecule has 1 heterocycles. The van der Waals surface area contributed by atoms with Crippen LogP contribution in [0.5, 0.6) is 0 Å². The summed E-state index contributed by atoms with van der Waals surface area (Å²) in [5.74, 6) is 0.981. The Kier molecular flexibility index (Phi) is 7.01. The van der Waals surface area contributed by atoms with E-state index in [1.54, 1.807) is 7.05 Å². The van der Waals surface area contributed by atoms with Crippen LogP contribution in [0.15, 0.2) is 18.3 Å². The van der Waals surface area contributed by atoms with Crippen molar-refractivity contribution in [1.82, 2.24) is 15.2 Å². The van der Waals surface area contributed by atoms with E-state index in [-0.39, 0.29) is 11.8 Å². The van der Waals surface area contributed by atoms with Gasteiger partial charge in [-0.1, -0.05) is 19.9 Å². The van der Waals surface area contributed by atoms with E-state index >= 15 is 0 Å². The molecule has 20 heavy (non-hydrogen) atoms. The number of nitrogens with one attached hydrogen (secondary N) is 2. The molecule has 1 aromatic rings. The van der Waals surface area contributed by atoms with Crippen molar-refractivity contribution in [3.8, 4) is 0 Å². The van der Waals surface area contributed by atoms with Gasteiger partial charge in [-0.2, -0.15) is 0 Å². The topological polar surface area (TPSA) is 57.3 Å². The Hall–Kier alpha value is -1.62. The second-order valence-electron chi connectivity index (χ2n) is 5.19. The van der Waals surface area contributed by atoms with E-state index in [9.17, 15) is 4.79 Å². The normalized spacial score (nSPS) is 12.2. The van der Waals surface area contributed by atoms with Gasteiger partial charge in [0.15, 0.2) is 0 Å². The van der Waals surface area contributed by atoms with E-state index in [0.717, 1.165) is 37.4 Å². The predicted molar refractivity (Wildman–Crippen MR) is 82.6 cm³/mol. The number of aromatic nitrogens is 1. The molecule has 1 amide bonds. The Balaban J connectivity index is 2.45. The van der Waals surface area contributed by atoms with Crippen LogP contribution in [-0.4, -0.2) is 43.0 Å². The van der Waals surface area contributed by atoms with E-state index in [0.29, 0.717) is 0 Å². The zero-order chi connectivity index (χ0) is 15.0. The van der Waals surface area contributed by atoms with Crippen LogP contribution >= 0.6 is 0 Å². The Morgan fingerprint density at radius 2 is 2.20 bits per heavy atom. The summed E-state index contributed by atoms with van der Waals surface area (Å²) in [7, 11) is 3.69. The fourth-order valence-electron chi connectivity index (χ4n) is 2.05. The van der Waals surface area contributed by atoms with Crippen molar-refractivity contribution in [1.29, 1.82) is 0 Å². The van der Waals surface area contributed by atoms with Crippen LogP contribution in [0.25, 0.3) is 0 Å². The van der Waals surface area contributed by atoms with E-state index in [1.807, 2.05) is 26.2 Å². The second kappa shape index (κ2) is 8.53. The van der Waals surface area contributed by atoms with Crippen molar-refractivity contribution in [2.75, 3.05) is 32.5 Å². The third-order valence-electron chi connectivity index (χ3n) is 3.11. The lowest BCUT2D eigenvalue weighted by molar-refractivity contribution is -0.124. The third kappa shape index (κ3) is 5.57. The molecule has 5 heteroatoms. The molecule has 1 unspecified atom stereocenters. The van der Waals surface area contributed by atoms with Gasteiger partial charge in [-0.25, -0.2) is 4.98 Å². The number of pyridine rings is 1. The number of anilines is 1. The molecule has 0 spiro atoms. The maximum Gasteiger partial charge on any atom is 0.223 e. The van der Waals surface area contributed by atoms with Gasteiger partial charge in [-0.15, -0.1) is 0 Å². The van der Waals surface area contributed by atoms with Gasteiger partial charge >= 0.3 is 0 Å². The molecule has 1 aromatic heterocycles. The Labute approximate surface area is 121 Å². The Morgan fingerprint density at radius 3 is 2.75 bits per heavy atom. The molecular formula is C15H26N4O. The number of nitrogens with zero attached hydrogens (tertiary/aromatic N) is 2. The summed E-state index contributed by atoms with van der Waals surface area (Å²) in [4.78, 5) is 18.0. The van der Waals surface area contributed by atoms with Crippen LogP contribution in [0.1, 0.15) is 25.8 Å². The zero-order valence-electron chi connectivity index (χ0n) is 12.9. The molecule has 0 aromatic carbocycles. The molecule has 112 valence electrons. The first-order valence-corrected chi connectivity index (χ1v) is 7.15. The summed E-state index contributed by atoms with van der Waals surface area (Å²) in [5, 5.41) is 5.93. The minimum Gasteiger partial charge on any atom is -0.370 e. The van der Waals surface area contributed by atoms with Gasteiger partial charge in [-0.05, 0) is 25.1 Å². The minimum absolute atomic E-state index is 0.0107. The number of carbonyl (C=O) groups excluding carboxylic acids is 1. The zero-order valence-corrected chi connectivity index (χ0v) is 12.9. The highest BCUT2D eigenvalue weighted by atomic mass is 16.1. The van der Waals surface area contributed by atoms with Crippen LogP contribution in [0.3, 0.4) is 0 Å². The maximum absolute atomic E-state index is 11.5. The van der Waals surface area contributed by atoms with Crippen LogP contribution in [0.2, 0.25) is 0 Å². The molecule has 0 saturated heterocycles. The first-order valence-electron chi connectivity index (χ1n) is 7.15. The SMILES string of the molecule is CCCNc1ccc(CN(C)CC(C)C(=O)NC)cn1. The van der Waals surface area contributed by atoms with Crippen molar-refractivity contribution in [2.24, 2.45) is 5.92 Å². The molecule has 0 bridgehead atoms. The van der Waals surface area contributed by atoms with Gasteiger partial charge in [0.2, 0.25) is 5.91 Å². The van der Waals surface area contributed by atoms with Crippen LogP contribution in [-0.2, 0) is 11.3 Å². The standard InChI is InChI=1S/C15H26N4O/c1-5-8-17-14-7-6-13(9-18-14)11-19(4)10-12(2)15(20)16-3/h6-7,9,12H,5,8,10-11H2,1-4H3,(H,16,20)(H,17,18). The lowest BCUT2D eigenvalue weighted by atomic mass is 10.1. The van der Waals surface area contributed by atoms with Gasteiger partial charge in [0.05, 0.1) is 0 Å². The van der Waals surface area contributed by atoms with E-state index < -0.39 is 0 Å². The quantitative estimate of drug-likeness (QED) is 0.760. The smallest absolute Gasteiger partial charge is 0.223 e. The molecule has 0 radical (unpaired) electrons. The lowest BCUT2D eigenvalue weighted by Gasteiger charge is -2.20. The number of rotatable bonds is 8. The number of carbonyl (C=O) groups is 1. The van der Waals surface area contributed by atoms with Crippen molar-refractivity contribution in [3.05, 3.63) is 23.9 Å². The molecule has 1 atom stereocenters. The molecule has 5 nitrogen and oxygen atoms in total. The summed E-state index contributed by atoms with van der Waals surface area (Å²) in [6.45, 7) is 6.53. The lowest BCUT2D eigenvalue weighted by Crippen LogP contribution is -2.34. The van der Waals surface area contributed by atoms with Crippen molar-refractivity contribution in [2.45, 2.75) is 26.8 Å². The van der Waals surface area contributed by atoms with Crippen molar-refractivity contribution >= 4 is 11.7 Å². The minimum atomic E-state index is -0.0107. The summed E-state index contributed by atoms with van der Waals surface area (Å²) in [6, 6.07) is 4.08. The van der Waals surface area contributed by atoms with Crippen LogP contribution in [0, 0.1) is 5.92 Å². The predicted octanol–water partition coefficient (Wildman–Crippen LogP) is 1.72. The van der Waals surface area contributed by atoms with Gasteiger partial charge in [0.1, 0.15) is 5.82 Å². The monoisotopic (exact) mass is 278 g/mol. The van der Waals surface area contributed by atoms with E-state index in [2.05, 4.69) is 33.5 Å². The number of hydrogen-bond acceptors (Lipinski definition) is 4. The summed E-state index contributed by atoms with van der Waals surface area (Å²) in [6.07, 6.45) is 2.97. The van der Waals surface area contributed by atoms with E-state index in [4.69, 9.17) is 0 Å². The van der Waals surface area contributed by atoms with E-state index in [1.165, 1.54) is 0 Å². The van der Waals surface area contributed by atoms with Crippen molar-refractivity contribution < 1.29 is 4.79 Å². The Bertz CT molecular complexity index is 405. The molecular weight excluding hydrogens is 252 g/mol. The molecule has 0 aliphatic heterocycles. The largest absolute Gasteiger partial charge is 0.370 e. The molecule has 0 saturated carbocycles. The second-order valence-corrected chi connectivity index (χ2v) is 5.19. The third-order valence-corrected chi connectivity index (χ3v) is 3.11. The van der Waals surface area contributed by atoms with Crippen LogP contribution in [0.4, 0.5) is 5.82 Å². The van der Waals surface area contributed by atoms with Gasteiger partial charge in [-0.3, -0.25) is 4.79 Å². The molecule has 0 fully saturated rings. The summed E-state index contributed by atoms with van der Waals surface area (Å²) < 4.78 is 0. The van der Waals surface area contributed by atoms with Crippen molar-refractivity contribution in [3.63, 3.8) is 0 Å². The first kappa shape index (κ1) is 16.4. The first-order chi connectivity index (χ1) is 9.56.